The van der Waals surface area contributed by atoms with E-state index < -0.39 is 11.5 Å². The smallest absolute Gasteiger partial charge is 0.233 e. The molecule has 0 radical (unpaired) electrons. The standard InChI is InChI=1S/C16H24N2O3S/c1-2-7-16(12-19)11-18(9-6-13(16)20)15(21)10-22-14-5-3-4-8-17-14/h3-5,8,13,19-20H,2,6-7,9-12H2,1H3/t13-,16+/m1/s1. The van der Waals surface area contributed by atoms with Gasteiger partial charge in [0.25, 0.3) is 0 Å². The number of rotatable bonds is 6. The second-order valence-electron chi connectivity index (χ2n) is 5.85. The van der Waals surface area contributed by atoms with E-state index in [4.69, 9.17) is 0 Å². The number of piperidine rings is 1. The zero-order valence-corrected chi connectivity index (χ0v) is 13.8. The van der Waals surface area contributed by atoms with Crippen LogP contribution in [-0.4, -0.2) is 57.6 Å². The number of pyridine rings is 1. The molecular weight excluding hydrogens is 300 g/mol. The largest absolute Gasteiger partial charge is 0.396 e. The Labute approximate surface area is 135 Å². The first-order valence-electron chi connectivity index (χ1n) is 7.72. The minimum Gasteiger partial charge on any atom is -0.396 e. The summed E-state index contributed by atoms with van der Waals surface area (Å²) >= 11 is 1.42. The molecule has 122 valence electrons. The van der Waals surface area contributed by atoms with Crippen molar-refractivity contribution in [3.63, 3.8) is 0 Å². The van der Waals surface area contributed by atoms with Gasteiger partial charge in [-0.15, -0.1) is 0 Å². The Bertz CT molecular complexity index is 486. The molecule has 2 atom stereocenters. The molecule has 2 N–H and O–H groups in total. The fourth-order valence-electron chi connectivity index (χ4n) is 3.00. The van der Waals surface area contributed by atoms with E-state index in [1.54, 1.807) is 11.1 Å². The van der Waals surface area contributed by atoms with E-state index in [-0.39, 0.29) is 12.5 Å². The van der Waals surface area contributed by atoms with Crippen LogP contribution in [0.5, 0.6) is 0 Å². The van der Waals surface area contributed by atoms with Gasteiger partial charge >= 0.3 is 0 Å². The van der Waals surface area contributed by atoms with Gasteiger partial charge in [-0.2, -0.15) is 0 Å². The van der Waals surface area contributed by atoms with Gasteiger partial charge < -0.3 is 15.1 Å². The Hall–Kier alpha value is -1.11. The number of aliphatic hydroxyl groups is 2. The van der Waals surface area contributed by atoms with E-state index in [1.165, 1.54) is 11.8 Å². The van der Waals surface area contributed by atoms with Crippen molar-refractivity contribution in [1.82, 2.24) is 9.88 Å². The SMILES string of the molecule is CCC[C@@]1(CO)CN(C(=O)CSc2ccccn2)CC[C@H]1O. The Morgan fingerprint density at radius 1 is 1.55 bits per heavy atom. The molecule has 1 aliphatic rings. The summed E-state index contributed by atoms with van der Waals surface area (Å²) in [5.41, 5.74) is -0.571. The Kier molecular flexibility index (Phi) is 6.23. The highest BCUT2D eigenvalue weighted by molar-refractivity contribution is 7.99. The number of nitrogens with zero attached hydrogens (tertiary/aromatic N) is 2. The van der Waals surface area contributed by atoms with Crippen LogP contribution in [0, 0.1) is 5.41 Å². The van der Waals surface area contributed by atoms with Crippen molar-refractivity contribution >= 4 is 17.7 Å². The normalized spacial score (nSPS) is 25.2. The summed E-state index contributed by atoms with van der Waals surface area (Å²) in [5.74, 6) is 0.372. The summed E-state index contributed by atoms with van der Waals surface area (Å²) in [5, 5.41) is 20.8. The van der Waals surface area contributed by atoms with Crippen molar-refractivity contribution in [1.29, 1.82) is 0 Å². The maximum atomic E-state index is 12.4. The number of carbonyl (C=O) groups excluding carboxylic acids is 1. The third kappa shape index (κ3) is 4.00. The highest BCUT2D eigenvalue weighted by atomic mass is 32.2. The fourth-order valence-corrected chi connectivity index (χ4v) is 3.76. The van der Waals surface area contributed by atoms with Gasteiger partial charge in [0.2, 0.25) is 5.91 Å². The molecule has 5 nitrogen and oxygen atoms in total. The van der Waals surface area contributed by atoms with E-state index in [1.807, 2.05) is 25.1 Å². The minimum atomic E-state index is -0.571. The number of hydrogen-bond donors (Lipinski definition) is 2. The van der Waals surface area contributed by atoms with Gasteiger partial charge in [0.15, 0.2) is 0 Å². The molecule has 1 amide bonds. The number of carbonyl (C=O) groups is 1. The molecule has 0 saturated carbocycles. The van der Waals surface area contributed by atoms with E-state index in [0.717, 1.165) is 17.9 Å². The molecule has 0 unspecified atom stereocenters. The van der Waals surface area contributed by atoms with Crippen LogP contribution in [0.2, 0.25) is 0 Å². The van der Waals surface area contributed by atoms with Crippen molar-refractivity contribution in [3.8, 4) is 0 Å². The number of hydrogen-bond acceptors (Lipinski definition) is 5. The zero-order chi connectivity index (χ0) is 16.0. The summed E-state index contributed by atoms with van der Waals surface area (Å²) in [6.07, 6.45) is 3.30. The van der Waals surface area contributed by atoms with Gasteiger partial charge in [-0.1, -0.05) is 31.2 Å². The lowest BCUT2D eigenvalue weighted by atomic mass is 9.74. The number of aromatic nitrogens is 1. The topological polar surface area (TPSA) is 73.7 Å². The molecule has 22 heavy (non-hydrogen) atoms. The van der Waals surface area contributed by atoms with Crippen molar-refractivity contribution in [2.75, 3.05) is 25.4 Å². The molecular formula is C16H24N2O3S. The van der Waals surface area contributed by atoms with Crippen LogP contribution in [0.25, 0.3) is 0 Å². The van der Waals surface area contributed by atoms with Crippen molar-refractivity contribution in [2.45, 2.75) is 37.3 Å². The van der Waals surface area contributed by atoms with E-state index in [9.17, 15) is 15.0 Å². The van der Waals surface area contributed by atoms with E-state index >= 15 is 0 Å². The average Bonchev–Trinajstić information content (AvgIpc) is 2.56. The highest BCUT2D eigenvalue weighted by Gasteiger charge is 2.42. The average molecular weight is 324 g/mol. The minimum absolute atomic E-state index is 0.0384. The lowest BCUT2D eigenvalue weighted by molar-refractivity contribution is -0.139. The maximum Gasteiger partial charge on any atom is 0.233 e. The Balaban J connectivity index is 1.95. The molecule has 1 fully saturated rings. The summed E-state index contributed by atoms with van der Waals surface area (Å²) < 4.78 is 0. The van der Waals surface area contributed by atoms with Crippen LogP contribution in [0.4, 0.5) is 0 Å². The molecule has 1 aromatic heterocycles. The van der Waals surface area contributed by atoms with Crippen LogP contribution in [-0.2, 0) is 4.79 Å². The van der Waals surface area contributed by atoms with Gasteiger partial charge in [0.05, 0.1) is 23.5 Å². The predicted molar refractivity (Wildman–Crippen MR) is 86.6 cm³/mol. The number of likely N-dealkylation sites (tertiary alicyclic amines) is 1. The highest BCUT2D eigenvalue weighted by Crippen LogP contribution is 2.35. The van der Waals surface area contributed by atoms with Crippen LogP contribution < -0.4 is 0 Å². The van der Waals surface area contributed by atoms with Gasteiger partial charge in [-0.3, -0.25) is 4.79 Å². The maximum absolute atomic E-state index is 12.4. The van der Waals surface area contributed by atoms with Crippen LogP contribution in [0.3, 0.4) is 0 Å². The van der Waals surface area contributed by atoms with E-state index in [0.29, 0.717) is 25.3 Å². The first-order valence-corrected chi connectivity index (χ1v) is 8.70. The van der Waals surface area contributed by atoms with Gasteiger partial charge in [0, 0.05) is 24.7 Å². The summed E-state index contributed by atoms with van der Waals surface area (Å²) in [6, 6.07) is 5.63. The predicted octanol–water partition coefficient (Wildman–Crippen LogP) is 1.55. The number of thioether (sulfide) groups is 1. The molecule has 6 heteroatoms. The van der Waals surface area contributed by atoms with Crippen LogP contribution in [0.1, 0.15) is 26.2 Å². The summed E-state index contributed by atoms with van der Waals surface area (Å²) in [6.45, 7) is 2.93. The van der Waals surface area contributed by atoms with Crippen molar-refractivity contribution in [3.05, 3.63) is 24.4 Å². The quantitative estimate of drug-likeness (QED) is 0.777. The molecule has 1 saturated heterocycles. The third-order valence-electron chi connectivity index (χ3n) is 4.28. The van der Waals surface area contributed by atoms with Gasteiger partial charge in [-0.05, 0) is 25.0 Å². The number of amides is 1. The summed E-state index contributed by atoms with van der Waals surface area (Å²) in [4.78, 5) is 18.4. The summed E-state index contributed by atoms with van der Waals surface area (Å²) in [7, 11) is 0. The van der Waals surface area contributed by atoms with Crippen LogP contribution in [0.15, 0.2) is 29.4 Å². The lowest BCUT2D eigenvalue weighted by Crippen LogP contribution is -2.55. The first kappa shape index (κ1) is 17.2. The number of aliphatic hydroxyl groups excluding tert-OH is 2. The first-order chi connectivity index (χ1) is 10.6. The lowest BCUT2D eigenvalue weighted by Gasteiger charge is -2.45. The van der Waals surface area contributed by atoms with Crippen LogP contribution >= 0.6 is 11.8 Å². The monoisotopic (exact) mass is 324 g/mol. The molecule has 0 spiro atoms. The van der Waals surface area contributed by atoms with Gasteiger partial charge in [-0.25, -0.2) is 4.98 Å². The molecule has 2 heterocycles. The third-order valence-corrected chi connectivity index (χ3v) is 5.21. The second-order valence-corrected chi connectivity index (χ2v) is 6.84. The molecule has 0 bridgehead atoms. The van der Waals surface area contributed by atoms with Crippen molar-refractivity contribution < 1.29 is 15.0 Å². The second kappa shape index (κ2) is 7.94. The Morgan fingerprint density at radius 3 is 3.00 bits per heavy atom. The molecule has 1 aliphatic heterocycles. The molecule has 0 aliphatic carbocycles. The van der Waals surface area contributed by atoms with Crippen molar-refractivity contribution in [2.24, 2.45) is 5.41 Å². The Morgan fingerprint density at radius 2 is 2.36 bits per heavy atom. The van der Waals surface area contributed by atoms with Gasteiger partial charge in [0.1, 0.15) is 0 Å². The zero-order valence-electron chi connectivity index (χ0n) is 12.9. The molecule has 1 aromatic rings. The van der Waals surface area contributed by atoms with E-state index in [2.05, 4.69) is 4.98 Å². The molecule has 2 rings (SSSR count). The molecule has 0 aromatic carbocycles. The fraction of sp³-hybridized carbons (Fsp3) is 0.625.